The highest BCUT2D eigenvalue weighted by atomic mass is 16.5. The van der Waals surface area contributed by atoms with Gasteiger partial charge in [0.1, 0.15) is 6.10 Å². The van der Waals surface area contributed by atoms with E-state index in [-0.39, 0.29) is 24.0 Å². The molecule has 142 valence electrons. The summed E-state index contributed by atoms with van der Waals surface area (Å²) in [6.07, 6.45) is 1.86. The van der Waals surface area contributed by atoms with Crippen molar-refractivity contribution in [2.24, 2.45) is 0 Å². The second-order valence-corrected chi connectivity index (χ2v) is 6.45. The molecule has 28 heavy (non-hydrogen) atoms. The summed E-state index contributed by atoms with van der Waals surface area (Å²) in [6.45, 7) is 5.61. The Morgan fingerprint density at radius 3 is 2.18 bits per heavy atom. The molecule has 0 aliphatic rings. The number of ether oxygens (including phenoxy) is 1. The van der Waals surface area contributed by atoms with E-state index in [4.69, 9.17) is 4.74 Å². The van der Waals surface area contributed by atoms with Crippen molar-refractivity contribution in [2.75, 3.05) is 0 Å². The fourth-order valence-corrected chi connectivity index (χ4v) is 3.32. The van der Waals surface area contributed by atoms with Gasteiger partial charge in [0.05, 0.1) is 12.2 Å². The van der Waals surface area contributed by atoms with Gasteiger partial charge in [-0.25, -0.2) is 0 Å². The topological polar surface area (TPSA) is 66.8 Å². The van der Waals surface area contributed by atoms with Crippen LogP contribution in [0, 0.1) is 6.92 Å². The normalized spacial score (nSPS) is 11.8. The first-order valence-corrected chi connectivity index (χ1v) is 8.95. The Hall–Kier alpha value is -3.37. The molecule has 4 nitrogen and oxygen atoms in total. The minimum atomic E-state index is -0.430. The number of aromatic hydroxyl groups is 2. The summed E-state index contributed by atoms with van der Waals surface area (Å²) in [5.41, 5.74) is 3.48. The molecule has 4 heteroatoms. The van der Waals surface area contributed by atoms with Crippen molar-refractivity contribution in [3.8, 4) is 22.6 Å². The Morgan fingerprint density at radius 2 is 1.61 bits per heavy atom. The molecule has 2 N–H and O–H groups in total. The average molecular weight is 374 g/mol. The minimum absolute atomic E-state index is 0.0258. The van der Waals surface area contributed by atoms with Crippen LogP contribution in [0.5, 0.6) is 11.5 Å². The number of aldehydes is 1. The number of benzene rings is 3. The zero-order valence-electron chi connectivity index (χ0n) is 15.6. The average Bonchev–Trinajstić information content (AvgIpc) is 2.74. The lowest BCUT2D eigenvalue weighted by Crippen LogP contribution is -2.07. The highest BCUT2D eigenvalue weighted by Gasteiger charge is 2.23. The molecule has 0 fully saturated rings. The molecule has 3 aromatic rings. The van der Waals surface area contributed by atoms with Crippen LogP contribution >= 0.6 is 0 Å². The third-order valence-corrected chi connectivity index (χ3v) is 4.77. The van der Waals surface area contributed by atoms with Gasteiger partial charge in [0.15, 0.2) is 17.8 Å². The second-order valence-electron chi connectivity index (χ2n) is 6.45. The van der Waals surface area contributed by atoms with Gasteiger partial charge in [-0.05, 0) is 23.6 Å². The maximum atomic E-state index is 11.7. The summed E-state index contributed by atoms with van der Waals surface area (Å²) in [6, 6.07) is 19.0. The summed E-state index contributed by atoms with van der Waals surface area (Å²) in [7, 11) is 0. The van der Waals surface area contributed by atoms with Crippen LogP contribution in [0.3, 0.4) is 0 Å². The molecular formula is C24H22O4. The summed E-state index contributed by atoms with van der Waals surface area (Å²) in [4.78, 5) is 11.7. The fourth-order valence-electron chi connectivity index (χ4n) is 3.32. The monoisotopic (exact) mass is 374 g/mol. The standard InChI is InChI=1S/C24H22O4/c1-3-21(17-10-6-4-7-11-17)28-15-20-19(14-25)24(27)23(26)16(2)22(20)18-12-8-5-9-13-18/h3-14,21,26-27H,1,15H2,2H3. The van der Waals surface area contributed by atoms with Crippen LogP contribution < -0.4 is 0 Å². The summed E-state index contributed by atoms with van der Waals surface area (Å²) in [5.74, 6) is -0.728. The van der Waals surface area contributed by atoms with Crippen molar-refractivity contribution >= 4 is 6.29 Å². The van der Waals surface area contributed by atoms with Crippen molar-refractivity contribution in [1.29, 1.82) is 0 Å². The van der Waals surface area contributed by atoms with Crippen molar-refractivity contribution in [3.63, 3.8) is 0 Å². The van der Waals surface area contributed by atoms with E-state index in [9.17, 15) is 15.0 Å². The summed E-state index contributed by atoms with van der Waals surface area (Å²) < 4.78 is 6.05. The van der Waals surface area contributed by atoms with E-state index in [1.165, 1.54) is 0 Å². The second kappa shape index (κ2) is 8.55. The molecule has 0 amide bonds. The number of hydrogen-bond donors (Lipinski definition) is 2. The number of hydrogen-bond acceptors (Lipinski definition) is 4. The first kappa shape index (κ1) is 19.4. The number of phenols is 2. The van der Waals surface area contributed by atoms with Gasteiger partial charge in [0.2, 0.25) is 0 Å². The lowest BCUT2D eigenvalue weighted by atomic mass is 9.90. The van der Waals surface area contributed by atoms with Crippen LogP contribution in [0.1, 0.15) is 33.2 Å². The van der Waals surface area contributed by atoms with Gasteiger partial charge in [-0.15, -0.1) is 6.58 Å². The molecule has 0 spiro atoms. The molecule has 0 radical (unpaired) electrons. The number of carbonyl (C=O) groups is 1. The number of rotatable bonds is 7. The lowest BCUT2D eigenvalue weighted by Gasteiger charge is -2.21. The predicted octanol–water partition coefficient (Wildman–Crippen LogP) is 5.33. The molecule has 3 rings (SSSR count). The van der Waals surface area contributed by atoms with Gasteiger partial charge in [-0.1, -0.05) is 66.7 Å². The number of carbonyl (C=O) groups excluding carboxylic acids is 1. The first-order valence-electron chi connectivity index (χ1n) is 8.95. The van der Waals surface area contributed by atoms with Crippen LogP contribution in [0.4, 0.5) is 0 Å². The molecule has 1 unspecified atom stereocenters. The quantitative estimate of drug-likeness (QED) is 0.333. The zero-order valence-corrected chi connectivity index (χ0v) is 15.6. The molecule has 0 saturated carbocycles. The lowest BCUT2D eigenvalue weighted by molar-refractivity contribution is 0.0714. The van der Waals surface area contributed by atoms with Gasteiger partial charge >= 0.3 is 0 Å². The van der Waals surface area contributed by atoms with Crippen molar-refractivity contribution < 1.29 is 19.7 Å². The Morgan fingerprint density at radius 1 is 1.00 bits per heavy atom. The largest absolute Gasteiger partial charge is 0.504 e. The van der Waals surface area contributed by atoms with Gasteiger partial charge in [0.25, 0.3) is 0 Å². The molecule has 0 heterocycles. The van der Waals surface area contributed by atoms with Gasteiger partial charge in [0, 0.05) is 11.1 Å². The molecule has 0 aromatic heterocycles. The van der Waals surface area contributed by atoms with Gasteiger partial charge < -0.3 is 14.9 Å². The molecule has 0 bridgehead atoms. The SMILES string of the molecule is C=CC(OCc1c(C=O)c(O)c(O)c(C)c1-c1ccccc1)c1ccccc1. The fraction of sp³-hybridized carbons (Fsp3) is 0.125. The van der Waals surface area contributed by atoms with Gasteiger partial charge in [-0.2, -0.15) is 0 Å². The molecular weight excluding hydrogens is 352 g/mol. The minimum Gasteiger partial charge on any atom is -0.504 e. The van der Waals surface area contributed by atoms with Crippen LogP contribution in [0.15, 0.2) is 73.3 Å². The molecule has 0 aliphatic carbocycles. The van der Waals surface area contributed by atoms with E-state index in [2.05, 4.69) is 6.58 Å². The third-order valence-electron chi connectivity index (χ3n) is 4.77. The highest BCUT2D eigenvalue weighted by molar-refractivity contribution is 5.90. The smallest absolute Gasteiger partial charge is 0.168 e. The van der Waals surface area contributed by atoms with Crippen molar-refractivity contribution in [2.45, 2.75) is 19.6 Å². The Kier molecular flexibility index (Phi) is 5.92. The number of phenolic OH excluding ortho intramolecular Hbond substituents is 2. The molecule has 0 aliphatic heterocycles. The maximum Gasteiger partial charge on any atom is 0.168 e. The Labute approximate surface area is 164 Å². The van der Waals surface area contributed by atoms with Crippen LogP contribution in [-0.4, -0.2) is 16.5 Å². The van der Waals surface area contributed by atoms with E-state index in [0.717, 1.165) is 11.1 Å². The van der Waals surface area contributed by atoms with Gasteiger partial charge in [-0.3, -0.25) is 4.79 Å². The Balaban J connectivity index is 2.08. The van der Waals surface area contributed by atoms with E-state index in [1.54, 1.807) is 13.0 Å². The van der Waals surface area contributed by atoms with E-state index < -0.39 is 5.75 Å². The van der Waals surface area contributed by atoms with E-state index in [1.807, 2.05) is 60.7 Å². The van der Waals surface area contributed by atoms with Crippen molar-refractivity contribution in [1.82, 2.24) is 0 Å². The summed E-state index contributed by atoms with van der Waals surface area (Å²) >= 11 is 0. The Bertz CT molecular complexity index is 979. The van der Waals surface area contributed by atoms with E-state index >= 15 is 0 Å². The van der Waals surface area contributed by atoms with Crippen LogP contribution in [0.25, 0.3) is 11.1 Å². The van der Waals surface area contributed by atoms with Crippen LogP contribution in [-0.2, 0) is 11.3 Å². The third kappa shape index (κ3) is 3.68. The first-order chi connectivity index (χ1) is 13.6. The maximum absolute atomic E-state index is 11.7. The molecule has 0 saturated heterocycles. The highest BCUT2D eigenvalue weighted by Crippen LogP contribution is 2.42. The van der Waals surface area contributed by atoms with Crippen molar-refractivity contribution in [3.05, 3.63) is 95.6 Å². The zero-order chi connectivity index (χ0) is 20.1. The van der Waals surface area contributed by atoms with Crippen LogP contribution in [0.2, 0.25) is 0 Å². The van der Waals surface area contributed by atoms with E-state index in [0.29, 0.717) is 23.0 Å². The summed E-state index contributed by atoms with van der Waals surface area (Å²) in [5, 5.41) is 20.6. The predicted molar refractivity (Wildman–Crippen MR) is 110 cm³/mol. The molecule has 1 atom stereocenters. The molecule has 3 aromatic carbocycles.